The van der Waals surface area contributed by atoms with E-state index in [9.17, 15) is 14.4 Å². The molecule has 1 aromatic rings. The van der Waals surface area contributed by atoms with Gasteiger partial charge >= 0.3 is 5.97 Å². The molecule has 25 heavy (non-hydrogen) atoms. The van der Waals surface area contributed by atoms with E-state index in [-0.39, 0.29) is 24.3 Å². The molecule has 1 fully saturated rings. The molecule has 0 spiro atoms. The highest BCUT2D eigenvalue weighted by Gasteiger charge is 2.24. The van der Waals surface area contributed by atoms with Crippen molar-refractivity contribution in [1.29, 1.82) is 0 Å². The maximum atomic E-state index is 12.5. The standard InChI is InChI=1S/C19H26N2O4/c1-14-6-8-15(9-7-14)19(25)21-12-10-16(11-13-21)20-17(22)4-2-3-5-18(23)24/h6-9,16H,2-5,10-13H2,1H3,(H,20,22)(H,23,24). The Hall–Kier alpha value is -2.37. The molecule has 6 nitrogen and oxygen atoms in total. The molecule has 0 bridgehead atoms. The monoisotopic (exact) mass is 346 g/mol. The molecule has 136 valence electrons. The zero-order chi connectivity index (χ0) is 18.2. The fourth-order valence-corrected chi connectivity index (χ4v) is 2.97. The van der Waals surface area contributed by atoms with Gasteiger partial charge in [-0.2, -0.15) is 0 Å². The van der Waals surface area contributed by atoms with Crippen molar-refractivity contribution in [1.82, 2.24) is 10.2 Å². The van der Waals surface area contributed by atoms with Crippen LogP contribution in [0.25, 0.3) is 0 Å². The zero-order valence-corrected chi connectivity index (χ0v) is 14.7. The summed E-state index contributed by atoms with van der Waals surface area (Å²) >= 11 is 0. The average Bonchev–Trinajstić information content (AvgIpc) is 2.59. The first-order chi connectivity index (χ1) is 12.0. The van der Waals surface area contributed by atoms with Gasteiger partial charge in [0.15, 0.2) is 0 Å². The summed E-state index contributed by atoms with van der Waals surface area (Å²) < 4.78 is 0. The van der Waals surface area contributed by atoms with Crippen molar-refractivity contribution in [3.63, 3.8) is 0 Å². The number of carbonyl (C=O) groups is 3. The molecule has 0 radical (unpaired) electrons. The van der Waals surface area contributed by atoms with Gasteiger partial charge in [-0.1, -0.05) is 17.7 Å². The van der Waals surface area contributed by atoms with Gasteiger partial charge in [0, 0.05) is 37.5 Å². The lowest BCUT2D eigenvalue weighted by molar-refractivity contribution is -0.137. The highest BCUT2D eigenvalue weighted by Crippen LogP contribution is 2.15. The predicted octanol–water partition coefficient (Wildman–Crippen LogP) is 2.36. The molecule has 2 amide bonds. The maximum Gasteiger partial charge on any atom is 0.303 e. The van der Waals surface area contributed by atoms with Gasteiger partial charge in [-0.05, 0) is 44.7 Å². The highest BCUT2D eigenvalue weighted by molar-refractivity contribution is 5.94. The summed E-state index contributed by atoms with van der Waals surface area (Å²) in [6.07, 6.45) is 3.06. The van der Waals surface area contributed by atoms with Crippen LogP contribution in [0.1, 0.15) is 54.4 Å². The number of carbonyl (C=O) groups excluding carboxylic acids is 2. The first-order valence-electron chi connectivity index (χ1n) is 8.83. The van der Waals surface area contributed by atoms with Gasteiger partial charge in [0.1, 0.15) is 0 Å². The summed E-state index contributed by atoms with van der Waals surface area (Å²) in [5.41, 5.74) is 1.83. The van der Waals surface area contributed by atoms with E-state index in [1.165, 1.54) is 0 Å². The first kappa shape index (κ1) is 19.0. The number of carboxylic acid groups (broad SMARTS) is 1. The van der Waals surface area contributed by atoms with E-state index < -0.39 is 5.97 Å². The highest BCUT2D eigenvalue weighted by atomic mass is 16.4. The molecular formula is C19H26N2O4. The number of rotatable bonds is 7. The molecule has 0 atom stereocenters. The van der Waals surface area contributed by atoms with Crippen molar-refractivity contribution in [3.05, 3.63) is 35.4 Å². The third-order valence-corrected chi connectivity index (χ3v) is 4.49. The van der Waals surface area contributed by atoms with Gasteiger partial charge in [0.25, 0.3) is 5.91 Å². The summed E-state index contributed by atoms with van der Waals surface area (Å²) in [5, 5.41) is 11.6. The van der Waals surface area contributed by atoms with Crippen molar-refractivity contribution < 1.29 is 19.5 Å². The van der Waals surface area contributed by atoms with E-state index in [0.29, 0.717) is 37.9 Å². The van der Waals surface area contributed by atoms with E-state index in [4.69, 9.17) is 5.11 Å². The molecule has 6 heteroatoms. The summed E-state index contributed by atoms with van der Waals surface area (Å²) in [7, 11) is 0. The van der Waals surface area contributed by atoms with Crippen LogP contribution in [0.4, 0.5) is 0 Å². The Morgan fingerprint density at radius 3 is 2.28 bits per heavy atom. The lowest BCUT2D eigenvalue weighted by Crippen LogP contribution is -2.46. The number of hydrogen-bond acceptors (Lipinski definition) is 3. The number of aliphatic carboxylic acids is 1. The Morgan fingerprint density at radius 2 is 1.68 bits per heavy atom. The number of carboxylic acids is 1. The second-order valence-corrected chi connectivity index (χ2v) is 6.60. The predicted molar refractivity (Wildman–Crippen MR) is 94.4 cm³/mol. The normalized spacial score (nSPS) is 15.0. The van der Waals surface area contributed by atoms with Crippen molar-refractivity contribution in [2.45, 2.75) is 51.5 Å². The molecule has 0 saturated carbocycles. The van der Waals surface area contributed by atoms with Crippen LogP contribution >= 0.6 is 0 Å². The molecule has 0 unspecified atom stereocenters. The molecule has 2 N–H and O–H groups in total. The van der Waals surface area contributed by atoms with Gasteiger partial charge in [0.05, 0.1) is 0 Å². The van der Waals surface area contributed by atoms with E-state index in [1.807, 2.05) is 36.1 Å². The number of unbranched alkanes of at least 4 members (excludes halogenated alkanes) is 1. The van der Waals surface area contributed by atoms with Gasteiger partial charge in [-0.3, -0.25) is 14.4 Å². The topological polar surface area (TPSA) is 86.7 Å². The number of nitrogens with one attached hydrogen (secondary N) is 1. The molecule has 0 aromatic heterocycles. The SMILES string of the molecule is Cc1ccc(C(=O)N2CCC(NC(=O)CCCCC(=O)O)CC2)cc1. The Bertz CT molecular complexity index is 604. The molecule has 2 rings (SSSR count). The van der Waals surface area contributed by atoms with Crippen LogP contribution < -0.4 is 5.32 Å². The summed E-state index contributed by atoms with van der Waals surface area (Å²) in [6, 6.07) is 7.66. The fourth-order valence-electron chi connectivity index (χ4n) is 2.97. The maximum absolute atomic E-state index is 12.5. The van der Waals surface area contributed by atoms with E-state index >= 15 is 0 Å². The van der Waals surface area contributed by atoms with Gasteiger partial charge in [-0.25, -0.2) is 0 Å². The van der Waals surface area contributed by atoms with Gasteiger partial charge < -0.3 is 15.3 Å². The number of nitrogens with zero attached hydrogens (tertiary/aromatic N) is 1. The lowest BCUT2D eigenvalue weighted by atomic mass is 10.0. The van der Waals surface area contributed by atoms with Crippen LogP contribution in [0.2, 0.25) is 0 Å². The second-order valence-electron chi connectivity index (χ2n) is 6.60. The van der Waals surface area contributed by atoms with Crippen LogP contribution in [-0.4, -0.2) is 46.9 Å². The Labute approximate surface area is 148 Å². The minimum atomic E-state index is -0.828. The van der Waals surface area contributed by atoms with Crippen molar-refractivity contribution in [2.75, 3.05) is 13.1 Å². The third kappa shape index (κ3) is 6.21. The lowest BCUT2D eigenvalue weighted by Gasteiger charge is -2.32. The van der Waals surface area contributed by atoms with Crippen molar-refractivity contribution in [2.24, 2.45) is 0 Å². The Balaban J connectivity index is 1.70. The summed E-state index contributed by atoms with van der Waals surface area (Å²) in [4.78, 5) is 36.6. The second kappa shape index (κ2) is 9.20. The van der Waals surface area contributed by atoms with Crippen LogP contribution in [0.3, 0.4) is 0 Å². The van der Waals surface area contributed by atoms with Crippen molar-refractivity contribution in [3.8, 4) is 0 Å². The van der Waals surface area contributed by atoms with Crippen molar-refractivity contribution >= 4 is 17.8 Å². The Morgan fingerprint density at radius 1 is 1.08 bits per heavy atom. The number of piperidine rings is 1. The van der Waals surface area contributed by atoms with E-state index in [1.54, 1.807) is 0 Å². The Kier molecular flexibility index (Phi) is 6.98. The number of amides is 2. The smallest absolute Gasteiger partial charge is 0.303 e. The number of benzene rings is 1. The molecular weight excluding hydrogens is 320 g/mol. The van der Waals surface area contributed by atoms with E-state index in [0.717, 1.165) is 18.4 Å². The zero-order valence-electron chi connectivity index (χ0n) is 14.7. The van der Waals surface area contributed by atoms with Crippen LogP contribution in [0.15, 0.2) is 24.3 Å². The molecule has 1 saturated heterocycles. The van der Waals surface area contributed by atoms with Gasteiger partial charge in [0.2, 0.25) is 5.91 Å². The third-order valence-electron chi connectivity index (χ3n) is 4.49. The molecule has 1 aliphatic heterocycles. The molecule has 1 aliphatic rings. The number of likely N-dealkylation sites (tertiary alicyclic amines) is 1. The van der Waals surface area contributed by atoms with Crippen LogP contribution in [-0.2, 0) is 9.59 Å². The largest absolute Gasteiger partial charge is 0.481 e. The molecule has 0 aliphatic carbocycles. The minimum absolute atomic E-state index is 0.0336. The van der Waals surface area contributed by atoms with Crippen LogP contribution in [0, 0.1) is 6.92 Å². The number of hydrogen-bond donors (Lipinski definition) is 2. The first-order valence-corrected chi connectivity index (χ1v) is 8.83. The summed E-state index contributed by atoms with van der Waals surface area (Å²) in [5.74, 6) is -0.821. The average molecular weight is 346 g/mol. The van der Waals surface area contributed by atoms with Gasteiger partial charge in [-0.15, -0.1) is 0 Å². The summed E-state index contributed by atoms with van der Waals surface area (Å²) in [6.45, 7) is 3.26. The molecule has 1 heterocycles. The fraction of sp³-hybridized carbons (Fsp3) is 0.526. The number of aryl methyl sites for hydroxylation is 1. The minimum Gasteiger partial charge on any atom is -0.481 e. The molecule has 1 aromatic carbocycles. The van der Waals surface area contributed by atoms with Crippen LogP contribution in [0.5, 0.6) is 0 Å². The van der Waals surface area contributed by atoms with E-state index in [2.05, 4.69) is 5.32 Å². The quantitative estimate of drug-likeness (QED) is 0.742.